The Hall–Kier alpha value is -3.63. The van der Waals surface area contributed by atoms with E-state index in [-0.39, 0.29) is 22.9 Å². The van der Waals surface area contributed by atoms with E-state index >= 15 is 0 Å². The van der Waals surface area contributed by atoms with Crippen LogP contribution < -0.4 is 16.0 Å². The predicted octanol–water partition coefficient (Wildman–Crippen LogP) is 0.119. The first kappa shape index (κ1) is 22.2. The van der Waals surface area contributed by atoms with E-state index in [1.807, 2.05) is 18.3 Å². The van der Waals surface area contributed by atoms with E-state index in [2.05, 4.69) is 30.7 Å². The van der Waals surface area contributed by atoms with Gasteiger partial charge in [-0.15, -0.1) is 0 Å². The number of aromatic nitrogens is 1. The number of hydrogen-bond acceptors (Lipinski definition) is 7. The number of rotatable bonds is 6. The Bertz CT molecular complexity index is 1140. The Balaban J connectivity index is 1.13. The molecule has 176 valence electrons. The van der Waals surface area contributed by atoms with Gasteiger partial charge in [-0.2, -0.15) is 0 Å². The summed E-state index contributed by atoms with van der Waals surface area (Å²) in [5, 5.41) is 8.11. The molecule has 1 spiro atoms. The van der Waals surface area contributed by atoms with Crippen molar-refractivity contribution in [2.24, 2.45) is 0 Å². The molecule has 1 aromatic carbocycles. The number of piperidine rings is 1. The summed E-state index contributed by atoms with van der Waals surface area (Å²) in [5.74, 6) is -1.13. The highest BCUT2D eigenvalue weighted by Crippen LogP contribution is 2.33. The third-order valence-electron chi connectivity index (χ3n) is 6.95. The molecule has 2 fully saturated rings. The van der Waals surface area contributed by atoms with Crippen LogP contribution in [0.25, 0.3) is 0 Å². The van der Waals surface area contributed by atoms with Crippen molar-refractivity contribution in [1.29, 1.82) is 0 Å². The van der Waals surface area contributed by atoms with Crippen LogP contribution in [0.3, 0.4) is 0 Å². The number of amides is 4. The molecule has 10 heteroatoms. The van der Waals surface area contributed by atoms with Gasteiger partial charge in [0.1, 0.15) is 5.54 Å². The van der Waals surface area contributed by atoms with Crippen molar-refractivity contribution in [3.63, 3.8) is 0 Å². The third-order valence-corrected chi connectivity index (χ3v) is 6.95. The molecule has 1 aromatic heterocycles. The van der Waals surface area contributed by atoms with E-state index in [0.717, 1.165) is 31.5 Å². The average Bonchev–Trinajstić information content (AvgIpc) is 3.31. The number of nitrogens with one attached hydrogen (secondary N) is 3. The molecule has 34 heavy (non-hydrogen) atoms. The minimum atomic E-state index is -0.502. The molecule has 0 unspecified atom stereocenters. The molecular formula is C24H26N6O4. The first-order chi connectivity index (χ1) is 16.5. The topological polar surface area (TPSA) is 124 Å². The first-order valence-electron chi connectivity index (χ1n) is 11.4. The number of carbonyl (C=O) groups excluding carboxylic acids is 4. The third kappa shape index (κ3) is 4.06. The predicted molar refractivity (Wildman–Crippen MR) is 122 cm³/mol. The van der Waals surface area contributed by atoms with Crippen molar-refractivity contribution in [2.45, 2.75) is 24.9 Å². The second kappa shape index (κ2) is 8.96. The fourth-order valence-electron chi connectivity index (χ4n) is 4.97. The number of imide groups is 1. The molecule has 3 aliphatic heterocycles. The molecule has 10 nitrogen and oxygen atoms in total. The normalized spacial score (nSPS) is 19.7. The van der Waals surface area contributed by atoms with Gasteiger partial charge >= 0.3 is 0 Å². The van der Waals surface area contributed by atoms with E-state index in [0.29, 0.717) is 31.9 Å². The quantitative estimate of drug-likeness (QED) is 0.521. The summed E-state index contributed by atoms with van der Waals surface area (Å²) >= 11 is 0. The van der Waals surface area contributed by atoms with E-state index in [1.165, 1.54) is 12.1 Å². The van der Waals surface area contributed by atoms with Crippen LogP contribution in [0.4, 0.5) is 0 Å². The van der Waals surface area contributed by atoms with Gasteiger partial charge in [-0.05, 0) is 42.7 Å². The number of nitrogens with zero attached hydrogens (tertiary/aromatic N) is 3. The van der Waals surface area contributed by atoms with Crippen molar-refractivity contribution in [3.05, 3.63) is 65.0 Å². The lowest BCUT2D eigenvalue weighted by Gasteiger charge is -2.42. The molecule has 3 N–H and O–H groups in total. The smallest absolute Gasteiger partial charge is 0.258 e. The summed E-state index contributed by atoms with van der Waals surface area (Å²) in [6, 6.07) is 8.42. The Morgan fingerprint density at radius 1 is 1.09 bits per heavy atom. The summed E-state index contributed by atoms with van der Waals surface area (Å²) < 4.78 is 0. The number of fused-ring (bicyclic) bond motifs is 1. The zero-order valence-electron chi connectivity index (χ0n) is 18.7. The number of pyridine rings is 1. The van der Waals surface area contributed by atoms with Crippen LogP contribution in [0.2, 0.25) is 0 Å². The van der Waals surface area contributed by atoms with E-state index in [9.17, 15) is 19.2 Å². The molecule has 0 radical (unpaired) electrons. The highest BCUT2D eigenvalue weighted by molar-refractivity contribution is 6.22. The largest absolute Gasteiger partial charge is 0.351 e. The van der Waals surface area contributed by atoms with Crippen molar-refractivity contribution in [1.82, 2.24) is 30.7 Å². The van der Waals surface area contributed by atoms with Crippen LogP contribution in [-0.4, -0.2) is 76.8 Å². The minimum absolute atomic E-state index is 0.0865. The van der Waals surface area contributed by atoms with Gasteiger partial charge in [0.25, 0.3) is 17.7 Å². The zero-order chi connectivity index (χ0) is 23.7. The van der Waals surface area contributed by atoms with E-state index in [4.69, 9.17) is 0 Å². The number of carbonyl (C=O) groups is 4. The van der Waals surface area contributed by atoms with E-state index in [1.54, 1.807) is 12.3 Å². The maximum atomic E-state index is 12.7. The second-order valence-electron chi connectivity index (χ2n) is 8.90. The van der Waals surface area contributed by atoms with Crippen molar-refractivity contribution in [3.8, 4) is 0 Å². The van der Waals surface area contributed by atoms with Gasteiger partial charge in [0, 0.05) is 50.7 Å². The summed E-state index contributed by atoms with van der Waals surface area (Å²) in [4.78, 5) is 57.4. The standard InChI is InChI=1S/C24H26N6O4/c31-20(17-3-4-18-19(12-17)22(33)28-21(18)32)26-8-11-29-9-5-24(6-10-29)23(34)27-15-30(24)14-16-2-1-7-25-13-16/h1-4,7,12-13H,5-6,8-11,14-15H2,(H,26,31)(H,27,34)(H,28,32,33). The molecule has 0 saturated carbocycles. The zero-order valence-corrected chi connectivity index (χ0v) is 18.7. The van der Waals surface area contributed by atoms with Crippen LogP contribution in [0.15, 0.2) is 42.7 Å². The fraction of sp³-hybridized carbons (Fsp3) is 0.375. The van der Waals surface area contributed by atoms with Crippen LogP contribution in [-0.2, 0) is 11.3 Å². The SMILES string of the molecule is O=C(NCCN1CCC2(CC1)C(=O)NCN2Cc1cccnc1)c1ccc2c(c1)C(=O)NC2=O. The maximum absolute atomic E-state index is 12.7. The number of likely N-dealkylation sites (tertiary alicyclic amines) is 1. The highest BCUT2D eigenvalue weighted by atomic mass is 16.2. The monoisotopic (exact) mass is 462 g/mol. The summed E-state index contributed by atoms with van der Waals surface area (Å²) in [5.41, 5.74) is 1.44. The van der Waals surface area contributed by atoms with Gasteiger partial charge in [0.15, 0.2) is 0 Å². The van der Waals surface area contributed by atoms with Crippen molar-refractivity contribution in [2.75, 3.05) is 32.8 Å². The summed E-state index contributed by atoms with van der Waals surface area (Å²) in [6.45, 7) is 3.83. The summed E-state index contributed by atoms with van der Waals surface area (Å²) in [7, 11) is 0. The van der Waals surface area contributed by atoms with Gasteiger partial charge in [0.2, 0.25) is 5.91 Å². The Labute approximate surface area is 196 Å². The lowest BCUT2D eigenvalue weighted by Crippen LogP contribution is -2.56. The van der Waals surface area contributed by atoms with Crippen molar-refractivity contribution >= 4 is 23.6 Å². The van der Waals surface area contributed by atoms with Crippen LogP contribution in [0, 0.1) is 0 Å². The minimum Gasteiger partial charge on any atom is -0.351 e. The molecule has 0 atom stereocenters. The van der Waals surface area contributed by atoms with Gasteiger partial charge < -0.3 is 15.5 Å². The number of hydrogen-bond donors (Lipinski definition) is 3. The average molecular weight is 463 g/mol. The molecular weight excluding hydrogens is 436 g/mol. The second-order valence-corrected chi connectivity index (χ2v) is 8.90. The molecule has 2 aromatic rings. The molecule has 5 rings (SSSR count). The van der Waals surface area contributed by atoms with Crippen LogP contribution in [0.1, 0.15) is 49.5 Å². The Kier molecular flexibility index (Phi) is 5.84. The molecule has 0 bridgehead atoms. The maximum Gasteiger partial charge on any atom is 0.258 e. The van der Waals surface area contributed by atoms with Crippen LogP contribution in [0.5, 0.6) is 0 Å². The Morgan fingerprint density at radius 3 is 2.65 bits per heavy atom. The van der Waals surface area contributed by atoms with Gasteiger partial charge in [-0.1, -0.05) is 6.07 Å². The van der Waals surface area contributed by atoms with Gasteiger partial charge in [-0.3, -0.25) is 34.4 Å². The molecule has 0 aliphatic carbocycles. The van der Waals surface area contributed by atoms with Crippen molar-refractivity contribution < 1.29 is 19.2 Å². The van der Waals surface area contributed by atoms with Crippen LogP contribution >= 0.6 is 0 Å². The highest BCUT2D eigenvalue weighted by Gasteiger charge is 2.49. The molecule has 2 saturated heterocycles. The van der Waals surface area contributed by atoms with E-state index < -0.39 is 17.4 Å². The lowest BCUT2D eigenvalue weighted by molar-refractivity contribution is -0.129. The fourth-order valence-corrected chi connectivity index (χ4v) is 4.97. The molecule has 4 amide bonds. The molecule has 3 aliphatic rings. The van der Waals surface area contributed by atoms with Gasteiger partial charge in [-0.25, -0.2) is 0 Å². The lowest BCUT2D eigenvalue weighted by atomic mass is 9.86. The molecule has 4 heterocycles. The number of benzene rings is 1. The Morgan fingerprint density at radius 2 is 1.88 bits per heavy atom. The summed E-state index contributed by atoms with van der Waals surface area (Å²) in [6.07, 6.45) is 5.02. The van der Waals surface area contributed by atoms with Gasteiger partial charge in [0.05, 0.1) is 17.8 Å². The first-order valence-corrected chi connectivity index (χ1v) is 11.4.